The number of rotatable bonds is 7. The number of H-pyrrole nitrogens is 1. The number of urea groups is 1. The lowest BCUT2D eigenvalue weighted by Crippen LogP contribution is -2.54. The highest BCUT2D eigenvalue weighted by atomic mass is 19.1. The normalized spacial score (nSPS) is 20.5. The number of nitrogens with zero attached hydrogens (tertiary/aromatic N) is 4. The van der Waals surface area contributed by atoms with Crippen LogP contribution in [-0.4, -0.2) is 100 Å². The molecule has 3 N–H and O–H groups in total. The molecule has 0 radical (unpaired) electrons. The molecular weight excluding hydrogens is 531 g/mol. The standard InChI is InChI=1S/C29H35FN6O5/c1-5-33(6-2)10-9-31-26(37)25-16(3)23(32-17(25)4)13-22-21-11-18(30)7-8-24(21)36(27(22)38)28(39)34-14-20-12-19(34)15-35(20)29(40)41/h7-8,11,13,19-20,32H,5-6,9-10,12,14-15H2,1-4H3,(H,31,37)(H,40,41)/b22-13-/t19-,20-/m0/s1. The van der Waals surface area contributed by atoms with Crippen molar-refractivity contribution in [1.82, 2.24) is 25.0 Å². The average Bonchev–Trinajstić information content (AvgIpc) is 3.68. The third-order valence-electron chi connectivity index (χ3n) is 8.45. The van der Waals surface area contributed by atoms with Gasteiger partial charge in [-0.1, -0.05) is 13.8 Å². The Labute approximate surface area is 237 Å². The maximum absolute atomic E-state index is 14.4. The van der Waals surface area contributed by atoms with Crippen LogP contribution in [0.25, 0.3) is 11.6 Å². The number of likely N-dealkylation sites (N-methyl/N-ethyl adjacent to an activating group) is 1. The molecule has 3 aliphatic rings. The molecule has 0 saturated carbocycles. The minimum atomic E-state index is -1.03. The Bertz CT molecular complexity index is 1450. The van der Waals surface area contributed by atoms with Crippen LogP contribution >= 0.6 is 0 Å². The number of fused-ring (bicyclic) bond motifs is 3. The third-order valence-corrected chi connectivity index (χ3v) is 8.45. The van der Waals surface area contributed by atoms with E-state index in [1.54, 1.807) is 19.9 Å². The number of benzene rings is 1. The monoisotopic (exact) mass is 566 g/mol. The third kappa shape index (κ3) is 4.96. The van der Waals surface area contributed by atoms with Crippen LogP contribution in [0.3, 0.4) is 0 Å². The minimum Gasteiger partial charge on any atom is -0.465 e. The van der Waals surface area contributed by atoms with Gasteiger partial charge in [-0.3, -0.25) is 9.59 Å². The molecule has 3 aliphatic heterocycles. The van der Waals surface area contributed by atoms with E-state index in [1.165, 1.54) is 28.0 Å². The van der Waals surface area contributed by atoms with E-state index in [4.69, 9.17) is 0 Å². The lowest BCUT2D eigenvalue weighted by Gasteiger charge is -2.34. The van der Waals surface area contributed by atoms with Gasteiger partial charge in [-0.25, -0.2) is 18.9 Å². The number of aromatic amines is 1. The number of hydrogen-bond donors (Lipinski definition) is 3. The smallest absolute Gasteiger partial charge is 0.407 e. The van der Waals surface area contributed by atoms with Crippen LogP contribution in [0.5, 0.6) is 0 Å². The lowest BCUT2D eigenvalue weighted by molar-refractivity contribution is -0.112. The molecule has 0 unspecified atom stereocenters. The molecule has 5 amide bonds. The number of imide groups is 1. The summed E-state index contributed by atoms with van der Waals surface area (Å²) in [5.41, 5.74) is 2.92. The number of halogens is 1. The van der Waals surface area contributed by atoms with E-state index in [0.29, 0.717) is 35.5 Å². The van der Waals surface area contributed by atoms with E-state index in [9.17, 15) is 28.7 Å². The molecular formula is C29H35FN6O5. The SMILES string of the molecule is CCN(CC)CCNC(=O)c1c(C)[nH]c(/C=C2\C(=O)N(C(=O)N3C[C@@H]4C[C@H]3CN4C(=O)O)c3ccc(F)cc32)c1C. The van der Waals surface area contributed by atoms with Crippen LogP contribution in [0.15, 0.2) is 18.2 Å². The number of carbonyl (C=O) groups is 4. The van der Waals surface area contributed by atoms with Gasteiger partial charge in [-0.2, -0.15) is 0 Å². The molecule has 12 heteroatoms. The first kappa shape index (κ1) is 28.3. The maximum Gasteiger partial charge on any atom is 0.407 e. The van der Waals surface area contributed by atoms with E-state index in [2.05, 4.69) is 29.0 Å². The Hall–Kier alpha value is -4.19. The van der Waals surface area contributed by atoms with Gasteiger partial charge < -0.3 is 30.1 Å². The van der Waals surface area contributed by atoms with Crippen LogP contribution in [-0.2, 0) is 4.79 Å². The predicted molar refractivity (Wildman–Crippen MR) is 151 cm³/mol. The summed E-state index contributed by atoms with van der Waals surface area (Å²) in [6.45, 7) is 11.1. The fourth-order valence-electron chi connectivity index (χ4n) is 6.22. The number of aromatic nitrogens is 1. The second-order valence-electron chi connectivity index (χ2n) is 10.7. The Kier molecular flexibility index (Phi) is 7.60. The molecule has 218 valence electrons. The van der Waals surface area contributed by atoms with Gasteiger partial charge in [0.2, 0.25) is 0 Å². The molecule has 2 bridgehead atoms. The second-order valence-corrected chi connectivity index (χ2v) is 10.7. The summed E-state index contributed by atoms with van der Waals surface area (Å²) in [7, 11) is 0. The number of nitrogens with one attached hydrogen (secondary N) is 2. The predicted octanol–water partition coefficient (Wildman–Crippen LogP) is 3.29. The van der Waals surface area contributed by atoms with Gasteiger partial charge in [-0.05, 0) is 63.2 Å². The fraction of sp³-hybridized carbons (Fsp3) is 0.448. The number of amides is 5. The Morgan fingerprint density at radius 2 is 1.83 bits per heavy atom. The maximum atomic E-state index is 14.4. The molecule has 1 aromatic heterocycles. The number of piperazine rings is 1. The van der Waals surface area contributed by atoms with E-state index in [1.807, 2.05) is 0 Å². The second kappa shape index (κ2) is 11.0. The Balaban J connectivity index is 1.41. The molecule has 41 heavy (non-hydrogen) atoms. The molecule has 2 saturated heterocycles. The highest BCUT2D eigenvalue weighted by Gasteiger charge is 2.50. The van der Waals surface area contributed by atoms with Gasteiger partial charge in [0.1, 0.15) is 5.82 Å². The minimum absolute atomic E-state index is 0.127. The van der Waals surface area contributed by atoms with Crippen molar-refractivity contribution < 1.29 is 28.7 Å². The van der Waals surface area contributed by atoms with Gasteiger partial charge in [0.05, 0.1) is 28.9 Å². The van der Waals surface area contributed by atoms with Crippen molar-refractivity contribution in [3.63, 3.8) is 0 Å². The topological polar surface area (TPSA) is 129 Å². The van der Waals surface area contributed by atoms with Crippen molar-refractivity contribution in [1.29, 1.82) is 0 Å². The Morgan fingerprint density at radius 1 is 1.15 bits per heavy atom. The summed E-state index contributed by atoms with van der Waals surface area (Å²) >= 11 is 0. The van der Waals surface area contributed by atoms with Gasteiger partial charge >= 0.3 is 12.1 Å². The summed E-state index contributed by atoms with van der Waals surface area (Å²) in [5.74, 6) is -1.39. The van der Waals surface area contributed by atoms with Gasteiger partial charge in [-0.15, -0.1) is 0 Å². The van der Waals surface area contributed by atoms with E-state index in [0.717, 1.165) is 24.5 Å². The van der Waals surface area contributed by atoms with Crippen LogP contribution in [0.1, 0.15) is 53.1 Å². The first-order chi connectivity index (χ1) is 19.5. The van der Waals surface area contributed by atoms with Gasteiger partial charge in [0, 0.05) is 43.1 Å². The largest absolute Gasteiger partial charge is 0.465 e. The van der Waals surface area contributed by atoms with Crippen molar-refractivity contribution in [2.75, 3.05) is 44.2 Å². The van der Waals surface area contributed by atoms with E-state index < -0.39 is 23.8 Å². The quantitative estimate of drug-likeness (QED) is 0.441. The summed E-state index contributed by atoms with van der Waals surface area (Å²) in [5, 5.41) is 12.4. The molecule has 0 spiro atoms. The van der Waals surface area contributed by atoms with Crippen LogP contribution in [0.4, 0.5) is 19.7 Å². The van der Waals surface area contributed by atoms with Gasteiger partial charge in [0.15, 0.2) is 0 Å². The molecule has 2 atom stereocenters. The highest BCUT2D eigenvalue weighted by molar-refractivity contribution is 6.42. The van der Waals surface area contributed by atoms with Crippen LogP contribution in [0.2, 0.25) is 0 Å². The van der Waals surface area contributed by atoms with Crippen molar-refractivity contribution in [2.24, 2.45) is 0 Å². The summed E-state index contributed by atoms with van der Waals surface area (Å²) in [6, 6.07) is 2.62. The number of aryl methyl sites for hydroxylation is 1. The van der Waals surface area contributed by atoms with Gasteiger partial charge in [0.25, 0.3) is 11.8 Å². The summed E-state index contributed by atoms with van der Waals surface area (Å²) < 4.78 is 14.4. The first-order valence-electron chi connectivity index (χ1n) is 13.9. The lowest BCUT2D eigenvalue weighted by atomic mass is 10.0. The highest BCUT2D eigenvalue weighted by Crippen LogP contribution is 2.41. The molecule has 11 nitrogen and oxygen atoms in total. The number of anilines is 1. The molecule has 2 fully saturated rings. The molecule has 5 rings (SSSR count). The number of carbonyl (C=O) groups excluding carboxylic acids is 3. The summed E-state index contributed by atoms with van der Waals surface area (Å²) in [6.07, 6.45) is 1.05. The number of likely N-dealkylation sites (tertiary alicyclic amines) is 2. The number of hydrogen-bond acceptors (Lipinski definition) is 5. The van der Waals surface area contributed by atoms with Crippen molar-refractivity contribution in [2.45, 2.75) is 46.2 Å². The van der Waals surface area contributed by atoms with E-state index >= 15 is 0 Å². The Morgan fingerprint density at radius 3 is 2.46 bits per heavy atom. The number of carboxylic acid groups (broad SMARTS) is 1. The van der Waals surface area contributed by atoms with Crippen molar-refractivity contribution in [3.05, 3.63) is 52.1 Å². The van der Waals surface area contributed by atoms with E-state index in [-0.39, 0.29) is 47.9 Å². The fourth-order valence-corrected chi connectivity index (χ4v) is 6.22. The zero-order valence-corrected chi connectivity index (χ0v) is 23.7. The zero-order chi connectivity index (χ0) is 29.6. The van der Waals surface area contributed by atoms with Crippen molar-refractivity contribution in [3.8, 4) is 0 Å². The molecule has 0 aliphatic carbocycles. The van der Waals surface area contributed by atoms with Crippen LogP contribution in [0, 0.1) is 19.7 Å². The average molecular weight is 567 g/mol. The van der Waals surface area contributed by atoms with Crippen LogP contribution < -0.4 is 10.2 Å². The zero-order valence-electron chi connectivity index (χ0n) is 23.7. The molecule has 1 aromatic carbocycles. The summed E-state index contributed by atoms with van der Waals surface area (Å²) in [4.78, 5) is 61.2. The molecule has 2 aromatic rings. The molecule has 4 heterocycles. The van der Waals surface area contributed by atoms with Crippen molar-refractivity contribution >= 4 is 41.3 Å². The first-order valence-corrected chi connectivity index (χ1v) is 13.9.